The lowest BCUT2D eigenvalue weighted by molar-refractivity contribution is 0.239. The van der Waals surface area contributed by atoms with Crippen LogP contribution in [-0.4, -0.2) is 16.4 Å². The molecular formula is C8H12N2S. The topological polar surface area (TPSA) is 27.0 Å². The summed E-state index contributed by atoms with van der Waals surface area (Å²) in [4.78, 5) is 0. The van der Waals surface area contributed by atoms with E-state index in [-0.39, 0.29) is 0 Å². The number of hydrogen-bond donors (Lipinski definition) is 1. The molecule has 2 saturated heterocycles. The van der Waals surface area contributed by atoms with E-state index in [0.717, 1.165) is 12.8 Å². The van der Waals surface area contributed by atoms with Gasteiger partial charge in [0.1, 0.15) is 0 Å². The molecule has 2 atom stereocenters. The van der Waals surface area contributed by atoms with Crippen LogP contribution in [0.1, 0.15) is 25.7 Å². The van der Waals surface area contributed by atoms with E-state index in [2.05, 4.69) is 23.2 Å². The number of thiol groups is 1. The fourth-order valence-electron chi connectivity index (χ4n) is 2.26. The number of nitriles is 1. The third kappa shape index (κ3) is 1.15. The van der Waals surface area contributed by atoms with E-state index in [9.17, 15) is 0 Å². The molecule has 0 saturated carbocycles. The van der Waals surface area contributed by atoms with Gasteiger partial charge in [0.25, 0.3) is 0 Å². The van der Waals surface area contributed by atoms with Crippen LogP contribution in [0.4, 0.5) is 0 Å². The van der Waals surface area contributed by atoms with Crippen molar-refractivity contribution in [3.8, 4) is 6.07 Å². The van der Waals surface area contributed by atoms with Crippen molar-refractivity contribution >= 4 is 12.8 Å². The monoisotopic (exact) mass is 168 g/mol. The predicted octanol–water partition coefficient (Wildman–Crippen LogP) is 1.60. The molecule has 2 aliphatic rings. The summed E-state index contributed by atoms with van der Waals surface area (Å²) in [5.74, 6) is 0.302. The van der Waals surface area contributed by atoms with Gasteiger partial charge in [-0.15, -0.1) is 0 Å². The average Bonchev–Trinajstić information content (AvgIpc) is 2.26. The lowest BCUT2D eigenvalue weighted by Gasteiger charge is -2.32. The lowest BCUT2D eigenvalue weighted by atomic mass is 9.94. The van der Waals surface area contributed by atoms with Crippen molar-refractivity contribution < 1.29 is 0 Å². The van der Waals surface area contributed by atoms with E-state index < -0.39 is 0 Å². The molecule has 2 fully saturated rings. The standard InChI is InChI=1S/C8H12N2S/c9-5-6-3-7-1-2-8(4-6)10(7)11/h6-8,11H,1-4H2. The fraction of sp³-hybridized carbons (Fsp3) is 0.875. The van der Waals surface area contributed by atoms with Crippen molar-refractivity contribution in [3.05, 3.63) is 0 Å². The van der Waals surface area contributed by atoms with Crippen molar-refractivity contribution in [2.75, 3.05) is 0 Å². The fourth-order valence-corrected chi connectivity index (χ4v) is 2.68. The van der Waals surface area contributed by atoms with Crippen LogP contribution >= 0.6 is 12.8 Å². The van der Waals surface area contributed by atoms with E-state index in [1.54, 1.807) is 0 Å². The zero-order valence-electron chi connectivity index (χ0n) is 6.40. The average molecular weight is 168 g/mol. The Kier molecular flexibility index (Phi) is 1.82. The van der Waals surface area contributed by atoms with E-state index in [4.69, 9.17) is 5.26 Å². The summed E-state index contributed by atoms with van der Waals surface area (Å²) >= 11 is 4.42. The number of nitrogens with zero attached hydrogens (tertiary/aromatic N) is 2. The molecule has 3 heteroatoms. The molecule has 2 aliphatic heterocycles. The highest BCUT2D eigenvalue weighted by Gasteiger charge is 2.39. The highest BCUT2D eigenvalue weighted by molar-refractivity contribution is 7.77. The Bertz CT molecular complexity index is 185. The first-order valence-electron chi connectivity index (χ1n) is 4.18. The minimum Gasteiger partial charge on any atom is -0.247 e. The zero-order chi connectivity index (χ0) is 7.84. The molecule has 2 heterocycles. The molecule has 0 N–H and O–H groups in total. The Morgan fingerprint density at radius 3 is 2.27 bits per heavy atom. The van der Waals surface area contributed by atoms with Gasteiger partial charge in [-0.25, -0.2) is 4.31 Å². The quantitative estimate of drug-likeness (QED) is 0.556. The Morgan fingerprint density at radius 1 is 1.27 bits per heavy atom. The van der Waals surface area contributed by atoms with Crippen LogP contribution in [0.5, 0.6) is 0 Å². The molecule has 0 aromatic carbocycles. The summed E-state index contributed by atoms with van der Waals surface area (Å²) in [7, 11) is 0. The van der Waals surface area contributed by atoms with E-state index >= 15 is 0 Å². The highest BCUT2D eigenvalue weighted by Crippen LogP contribution is 2.39. The highest BCUT2D eigenvalue weighted by atomic mass is 32.1. The molecule has 0 spiro atoms. The van der Waals surface area contributed by atoms with Crippen LogP contribution in [0, 0.1) is 17.2 Å². The van der Waals surface area contributed by atoms with Crippen molar-refractivity contribution in [1.82, 2.24) is 4.31 Å². The van der Waals surface area contributed by atoms with Crippen LogP contribution in [-0.2, 0) is 0 Å². The van der Waals surface area contributed by atoms with Crippen LogP contribution in [0.15, 0.2) is 0 Å². The third-order valence-corrected chi connectivity index (χ3v) is 3.53. The maximum Gasteiger partial charge on any atom is 0.0657 e. The van der Waals surface area contributed by atoms with Crippen molar-refractivity contribution in [3.63, 3.8) is 0 Å². The van der Waals surface area contributed by atoms with Gasteiger partial charge in [-0.05, 0) is 25.7 Å². The normalized spacial score (nSPS) is 43.8. The Balaban J connectivity index is 2.09. The van der Waals surface area contributed by atoms with Gasteiger partial charge < -0.3 is 0 Å². The van der Waals surface area contributed by atoms with Gasteiger partial charge in [-0.1, -0.05) is 12.8 Å². The van der Waals surface area contributed by atoms with E-state index in [1.807, 2.05) is 0 Å². The molecule has 0 aromatic rings. The van der Waals surface area contributed by atoms with Gasteiger partial charge in [0.05, 0.1) is 6.07 Å². The summed E-state index contributed by atoms with van der Waals surface area (Å²) in [6.07, 6.45) is 4.56. The second kappa shape index (κ2) is 2.69. The smallest absolute Gasteiger partial charge is 0.0657 e. The van der Waals surface area contributed by atoms with E-state index in [0.29, 0.717) is 18.0 Å². The SMILES string of the molecule is N#CC1CC2CCC(C1)N2S. The maximum atomic E-state index is 8.75. The Hall–Kier alpha value is -0.200. The van der Waals surface area contributed by atoms with Gasteiger partial charge in [0.2, 0.25) is 0 Å². The van der Waals surface area contributed by atoms with Crippen molar-refractivity contribution in [2.24, 2.45) is 5.92 Å². The summed E-state index contributed by atoms with van der Waals surface area (Å²) in [5, 5.41) is 8.75. The van der Waals surface area contributed by atoms with Crippen molar-refractivity contribution in [1.29, 1.82) is 5.26 Å². The predicted molar refractivity (Wildman–Crippen MR) is 46.0 cm³/mol. The molecule has 0 radical (unpaired) electrons. The molecule has 60 valence electrons. The lowest BCUT2D eigenvalue weighted by Crippen LogP contribution is -2.35. The molecule has 0 amide bonds. The first-order valence-corrected chi connectivity index (χ1v) is 4.58. The first-order chi connectivity index (χ1) is 5.31. The summed E-state index contributed by atoms with van der Waals surface area (Å²) in [6, 6.07) is 3.53. The number of piperidine rings is 1. The number of hydrogen-bond acceptors (Lipinski definition) is 3. The van der Waals surface area contributed by atoms with Gasteiger partial charge >= 0.3 is 0 Å². The van der Waals surface area contributed by atoms with Gasteiger partial charge in [0, 0.05) is 18.0 Å². The van der Waals surface area contributed by atoms with Crippen LogP contribution in [0.3, 0.4) is 0 Å². The first kappa shape index (κ1) is 7.45. The minimum atomic E-state index is 0.302. The molecule has 0 aliphatic carbocycles. The molecule has 2 rings (SSSR count). The van der Waals surface area contributed by atoms with Gasteiger partial charge in [-0.3, -0.25) is 0 Å². The minimum absolute atomic E-state index is 0.302. The molecule has 11 heavy (non-hydrogen) atoms. The largest absolute Gasteiger partial charge is 0.247 e. The summed E-state index contributed by atoms with van der Waals surface area (Å²) in [5.41, 5.74) is 0. The van der Waals surface area contributed by atoms with Crippen LogP contribution in [0.25, 0.3) is 0 Å². The summed E-state index contributed by atoms with van der Waals surface area (Å²) < 4.78 is 2.16. The molecule has 0 aromatic heterocycles. The zero-order valence-corrected chi connectivity index (χ0v) is 7.30. The third-order valence-electron chi connectivity index (χ3n) is 2.88. The maximum absolute atomic E-state index is 8.75. The number of fused-ring (bicyclic) bond motifs is 2. The van der Waals surface area contributed by atoms with E-state index in [1.165, 1.54) is 12.8 Å². The molecule has 2 nitrogen and oxygen atoms in total. The molecular weight excluding hydrogens is 156 g/mol. The second-order valence-electron chi connectivity index (χ2n) is 3.56. The van der Waals surface area contributed by atoms with Gasteiger partial charge in [0.15, 0.2) is 0 Å². The van der Waals surface area contributed by atoms with Crippen LogP contribution in [0.2, 0.25) is 0 Å². The second-order valence-corrected chi connectivity index (χ2v) is 4.02. The summed E-state index contributed by atoms with van der Waals surface area (Å²) in [6.45, 7) is 0. The number of rotatable bonds is 0. The van der Waals surface area contributed by atoms with Crippen molar-refractivity contribution in [2.45, 2.75) is 37.8 Å². The molecule has 2 unspecified atom stereocenters. The Morgan fingerprint density at radius 2 is 1.82 bits per heavy atom. The van der Waals surface area contributed by atoms with Crippen LogP contribution < -0.4 is 0 Å². The van der Waals surface area contributed by atoms with Gasteiger partial charge in [-0.2, -0.15) is 5.26 Å². The molecule has 2 bridgehead atoms. The Labute approximate surface area is 72.7 Å².